The Morgan fingerprint density at radius 1 is 0.267 bits per heavy atom. The second-order valence-corrected chi connectivity index (χ2v) is 21.7. The van der Waals surface area contributed by atoms with Gasteiger partial charge in [0.05, 0.1) is 0 Å². The largest absolute Gasteiger partial charge is 0.462 e. The summed E-state index contributed by atoms with van der Waals surface area (Å²) in [6, 6.07) is 0. The van der Waals surface area contributed by atoms with E-state index in [1.807, 2.05) is 0 Å². The van der Waals surface area contributed by atoms with E-state index in [1.165, 1.54) is 180 Å². The maximum Gasteiger partial charge on any atom is 0.306 e. The van der Waals surface area contributed by atoms with Gasteiger partial charge in [-0.1, -0.05) is 273 Å². The van der Waals surface area contributed by atoms with Gasteiger partial charge in [-0.3, -0.25) is 14.4 Å². The van der Waals surface area contributed by atoms with E-state index in [-0.39, 0.29) is 31.1 Å². The van der Waals surface area contributed by atoms with E-state index in [0.717, 1.165) is 109 Å². The Balaban J connectivity index is 4.15. The maximum atomic E-state index is 12.8. The Morgan fingerprint density at radius 2 is 0.507 bits per heavy atom. The minimum Gasteiger partial charge on any atom is -0.462 e. The van der Waals surface area contributed by atoms with Gasteiger partial charge in [0.2, 0.25) is 0 Å². The standard InChI is InChI=1S/C69H122O6/c1-4-7-10-13-16-19-22-25-26-27-28-29-30-31-32-33-34-35-36-37-38-39-40-41-42-45-47-50-53-56-59-62-68(71)74-65-66(75-69(72)63-60-57-54-51-48-44-24-21-18-15-12-9-6-3)64-73-67(70)61-58-55-52-49-46-43-23-20-17-14-11-8-5-2/h12,15,20-25,27-28,30-31,66H,4-11,13-14,16-19,26,29,32-65H2,1-3H3/b15-12-,23-20-,24-21-,25-22-,28-27-,31-30-. The van der Waals surface area contributed by atoms with Gasteiger partial charge < -0.3 is 14.2 Å². The van der Waals surface area contributed by atoms with Gasteiger partial charge >= 0.3 is 17.9 Å². The van der Waals surface area contributed by atoms with Gasteiger partial charge in [0, 0.05) is 19.3 Å². The van der Waals surface area contributed by atoms with Crippen molar-refractivity contribution in [2.75, 3.05) is 13.2 Å². The summed E-state index contributed by atoms with van der Waals surface area (Å²) in [6.45, 7) is 6.56. The normalized spacial score (nSPS) is 12.5. The Bertz CT molecular complexity index is 1390. The molecule has 0 aliphatic carbocycles. The van der Waals surface area contributed by atoms with Crippen LogP contribution < -0.4 is 0 Å². The molecule has 0 aromatic rings. The summed E-state index contributed by atoms with van der Waals surface area (Å²) < 4.78 is 16.9. The van der Waals surface area contributed by atoms with Crippen LogP contribution in [0.5, 0.6) is 0 Å². The van der Waals surface area contributed by atoms with Crippen LogP contribution in [0.15, 0.2) is 72.9 Å². The summed E-state index contributed by atoms with van der Waals surface area (Å²) in [6.07, 6.45) is 82.1. The van der Waals surface area contributed by atoms with Crippen molar-refractivity contribution in [1.82, 2.24) is 0 Å². The first-order chi connectivity index (χ1) is 37.0. The molecule has 0 amide bonds. The third-order valence-corrected chi connectivity index (χ3v) is 14.1. The molecule has 0 saturated carbocycles. The molecule has 0 bridgehead atoms. The van der Waals surface area contributed by atoms with Gasteiger partial charge in [-0.2, -0.15) is 0 Å². The van der Waals surface area contributed by atoms with Crippen molar-refractivity contribution >= 4 is 17.9 Å². The second kappa shape index (κ2) is 63.4. The Hall–Kier alpha value is -3.15. The molecule has 6 heteroatoms. The van der Waals surface area contributed by atoms with Crippen LogP contribution in [0.3, 0.4) is 0 Å². The topological polar surface area (TPSA) is 78.9 Å². The number of carbonyl (C=O) groups is 3. The van der Waals surface area contributed by atoms with Crippen molar-refractivity contribution in [2.45, 2.75) is 335 Å². The van der Waals surface area contributed by atoms with Gasteiger partial charge in [-0.15, -0.1) is 0 Å². The minimum atomic E-state index is -0.785. The van der Waals surface area contributed by atoms with Crippen LogP contribution in [0.2, 0.25) is 0 Å². The van der Waals surface area contributed by atoms with Crippen molar-refractivity contribution in [3.63, 3.8) is 0 Å². The van der Waals surface area contributed by atoms with Crippen LogP contribution >= 0.6 is 0 Å². The number of esters is 3. The summed E-state index contributed by atoms with van der Waals surface area (Å²) in [5.74, 6) is -0.893. The van der Waals surface area contributed by atoms with E-state index >= 15 is 0 Å². The zero-order chi connectivity index (χ0) is 54.3. The first-order valence-corrected chi connectivity index (χ1v) is 32.4. The molecule has 0 rings (SSSR count). The lowest BCUT2D eigenvalue weighted by atomic mass is 10.0. The minimum absolute atomic E-state index is 0.0816. The lowest BCUT2D eigenvalue weighted by Gasteiger charge is -2.18. The first-order valence-electron chi connectivity index (χ1n) is 32.4. The molecule has 0 saturated heterocycles. The molecule has 0 aromatic carbocycles. The molecule has 1 atom stereocenters. The maximum absolute atomic E-state index is 12.8. The van der Waals surface area contributed by atoms with Crippen LogP contribution in [-0.2, 0) is 28.6 Å². The molecule has 434 valence electrons. The van der Waals surface area contributed by atoms with Crippen molar-refractivity contribution in [2.24, 2.45) is 0 Å². The van der Waals surface area contributed by atoms with Crippen molar-refractivity contribution in [3.05, 3.63) is 72.9 Å². The second-order valence-electron chi connectivity index (χ2n) is 21.7. The van der Waals surface area contributed by atoms with Crippen molar-refractivity contribution in [3.8, 4) is 0 Å². The quantitative estimate of drug-likeness (QED) is 0.0261. The average Bonchev–Trinajstić information content (AvgIpc) is 3.41. The highest BCUT2D eigenvalue weighted by Gasteiger charge is 2.19. The molecular weight excluding hydrogens is 925 g/mol. The van der Waals surface area contributed by atoms with Gasteiger partial charge in [0.25, 0.3) is 0 Å². The molecule has 75 heavy (non-hydrogen) atoms. The molecule has 0 heterocycles. The number of unbranched alkanes of at least 4 members (excludes halogenated alkanes) is 36. The number of rotatable bonds is 59. The zero-order valence-corrected chi connectivity index (χ0v) is 49.8. The number of allylic oxidation sites excluding steroid dienone is 12. The van der Waals surface area contributed by atoms with Crippen LogP contribution in [-0.4, -0.2) is 37.2 Å². The number of hydrogen-bond acceptors (Lipinski definition) is 6. The monoisotopic (exact) mass is 1050 g/mol. The van der Waals surface area contributed by atoms with E-state index in [1.54, 1.807) is 0 Å². The fourth-order valence-corrected chi connectivity index (χ4v) is 9.25. The smallest absolute Gasteiger partial charge is 0.306 e. The van der Waals surface area contributed by atoms with Crippen LogP contribution in [0.25, 0.3) is 0 Å². The van der Waals surface area contributed by atoms with Crippen molar-refractivity contribution < 1.29 is 28.6 Å². The Morgan fingerprint density at radius 3 is 0.827 bits per heavy atom. The number of carbonyl (C=O) groups excluding carboxylic acids is 3. The number of hydrogen-bond donors (Lipinski definition) is 0. The SMILES string of the molecule is CCC/C=C\C/C=C\CCCCCCCC(=O)OC(COC(=O)CCCCCCC/C=C\CCCCCC)COC(=O)CCCCCCCCCCCCCCCCCC/C=C\C/C=C\C/C=C\CCCCCCC. The van der Waals surface area contributed by atoms with E-state index in [9.17, 15) is 14.4 Å². The average molecular weight is 1050 g/mol. The fraction of sp³-hybridized carbons (Fsp3) is 0.783. The summed E-state index contributed by atoms with van der Waals surface area (Å²) >= 11 is 0. The van der Waals surface area contributed by atoms with E-state index in [4.69, 9.17) is 14.2 Å². The first kappa shape index (κ1) is 71.8. The molecule has 0 fully saturated rings. The highest BCUT2D eigenvalue weighted by Crippen LogP contribution is 2.17. The molecular formula is C69H122O6. The van der Waals surface area contributed by atoms with Gasteiger partial charge in [-0.05, 0) is 109 Å². The van der Waals surface area contributed by atoms with Gasteiger partial charge in [0.1, 0.15) is 13.2 Å². The fourth-order valence-electron chi connectivity index (χ4n) is 9.25. The molecule has 1 unspecified atom stereocenters. The summed E-state index contributed by atoms with van der Waals surface area (Å²) in [4.78, 5) is 38.2. The van der Waals surface area contributed by atoms with E-state index in [2.05, 4.69) is 93.7 Å². The molecule has 0 radical (unpaired) electrons. The highest BCUT2D eigenvalue weighted by molar-refractivity contribution is 5.71. The highest BCUT2D eigenvalue weighted by atomic mass is 16.6. The molecule has 0 aromatic heterocycles. The van der Waals surface area contributed by atoms with Crippen LogP contribution in [0, 0.1) is 0 Å². The predicted molar refractivity (Wildman–Crippen MR) is 325 cm³/mol. The van der Waals surface area contributed by atoms with Crippen LogP contribution in [0.1, 0.15) is 329 Å². The van der Waals surface area contributed by atoms with Gasteiger partial charge in [0.15, 0.2) is 6.10 Å². The summed E-state index contributed by atoms with van der Waals surface area (Å²) in [5, 5.41) is 0. The molecule has 0 N–H and O–H groups in total. The third kappa shape index (κ3) is 61.6. The predicted octanol–water partition coefficient (Wildman–Crippen LogP) is 22.1. The number of ether oxygens (including phenoxy) is 3. The van der Waals surface area contributed by atoms with Gasteiger partial charge in [-0.25, -0.2) is 0 Å². The molecule has 0 aliphatic rings. The summed E-state index contributed by atoms with van der Waals surface area (Å²) in [7, 11) is 0. The van der Waals surface area contributed by atoms with Crippen LogP contribution in [0.4, 0.5) is 0 Å². The molecule has 6 nitrogen and oxygen atoms in total. The third-order valence-electron chi connectivity index (χ3n) is 14.1. The summed E-state index contributed by atoms with van der Waals surface area (Å²) in [5.41, 5.74) is 0. The zero-order valence-electron chi connectivity index (χ0n) is 49.8. The van der Waals surface area contributed by atoms with Crippen molar-refractivity contribution in [1.29, 1.82) is 0 Å². The Labute approximate surface area is 465 Å². The Kier molecular flexibility index (Phi) is 60.7. The molecule has 0 aliphatic heterocycles. The lowest BCUT2D eigenvalue weighted by Crippen LogP contribution is -2.30. The van der Waals surface area contributed by atoms with E-state index < -0.39 is 6.10 Å². The van der Waals surface area contributed by atoms with E-state index in [0.29, 0.717) is 19.3 Å². The molecule has 0 spiro atoms. The lowest BCUT2D eigenvalue weighted by molar-refractivity contribution is -0.167.